The highest BCUT2D eigenvalue weighted by molar-refractivity contribution is 7.89. The van der Waals surface area contributed by atoms with Crippen LogP contribution in [0.5, 0.6) is 0 Å². The highest BCUT2D eigenvalue weighted by atomic mass is 32.2. The molecule has 144 valence electrons. The molecule has 0 radical (unpaired) electrons. The molecule has 2 heterocycles. The third-order valence-electron chi connectivity index (χ3n) is 4.50. The minimum atomic E-state index is -3.64. The molecule has 0 aliphatic carbocycles. The molecule has 0 bridgehead atoms. The van der Waals surface area contributed by atoms with E-state index in [1.54, 1.807) is 36.8 Å². The predicted octanol–water partition coefficient (Wildman–Crippen LogP) is 4.29. The molecule has 0 spiro atoms. The minimum absolute atomic E-state index is 0.165. The molecule has 29 heavy (non-hydrogen) atoms. The second-order valence-electron chi connectivity index (χ2n) is 6.51. The van der Waals surface area contributed by atoms with Crippen LogP contribution in [-0.2, 0) is 16.6 Å². The highest BCUT2D eigenvalue weighted by Gasteiger charge is 2.14. The Hall–Kier alpha value is -3.35. The Kier molecular flexibility index (Phi) is 5.46. The van der Waals surface area contributed by atoms with Gasteiger partial charge in [-0.3, -0.25) is 9.97 Å². The summed E-state index contributed by atoms with van der Waals surface area (Å²) in [6.45, 7) is 0.165. The molecule has 4 rings (SSSR count). The maximum Gasteiger partial charge on any atom is 0.240 e. The van der Waals surface area contributed by atoms with Gasteiger partial charge in [0.25, 0.3) is 0 Å². The van der Waals surface area contributed by atoms with Crippen LogP contribution in [-0.4, -0.2) is 18.4 Å². The van der Waals surface area contributed by atoms with Gasteiger partial charge < -0.3 is 0 Å². The summed E-state index contributed by atoms with van der Waals surface area (Å²) in [4.78, 5) is 8.72. The van der Waals surface area contributed by atoms with Crippen molar-refractivity contribution < 1.29 is 8.42 Å². The molecule has 0 amide bonds. The Bertz CT molecular complexity index is 1190. The molecule has 0 aliphatic rings. The van der Waals surface area contributed by atoms with Gasteiger partial charge in [-0.2, -0.15) is 0 Å². The van der Waals surface area contributed by atoms with E-state index in [4.69, 9.17) is 0 Å². The molecule has 6 heteroatoms. The Morgan fingerprint density at radius 2 is 1.55 bits per heavy atom. The maximum atomic E-state index is 12.7. The van der Waals surface area contributed by atoms with Crippen molar-refractivity contribution in [2.75, 3.05) is 0 Å². The summed E-state index contributed by atoms with van der Waals surface area (Å²) in [6, 6.07) is 24.1. The van der Waals surface area contributed by atoms with Crippen molar-refractivity contribution in [3.05, 3.63) is 103 Å². The van der Waals surface area contributed by atoms with Gasteiger partial charge in [-0.25, -0.2) is 13.1 Å². The lowest BCUT2D eigenvalue weighted by molar-refractivity contribution is 0.581. The van der Waals surface area contributed by atoms with Gasteiger partial charge in [0.05, 0.1) is 10.6 Å². The molecule has 2 aromatic carbocycles. The molecule has 1 N–H and O–H groups in total. The summed E-state index contributed by atoms with van der Waals surface area (Å²) in [5.41, 5.74) is 4.31. The second-order valence-corrected chi connectivity index (χ2v) is 8.28. The van der Waals surface area contributed by atoms with Gasteiger partial charge >= 0.3 is 0 Å². The van der Waals surface area contributed by atoms with Crippen LogP contribution in [0.3, 0.4) is 0 Å². The van der Waals surface area contributed by atoms with Crippen LogP contribution in [0.2, 0.25) is 0 Å². The van der Waals surface area contributed by atoms with Crippen LogP contribution in [0.25, 0.3) is 22.4 Å². The van der Waals surface area contributed by atoms with E-state index in [0.29, 0.717) is 0 Å². The van der Waals surface area contributed by atoms with Crippen LogP contribution < -0.4 is 4.72 Å². The van der Waals surface area contributed by atoms with Gasteiger partial charge in [0.2, 0.25) is 10.0 Å². The Balaban J connectivity index is 1.48. The largest absolute Gasteiger partial charge is 0.264 e. The Morgan fingerprint density at radius 1 is 0.759 bits per heavy atom. The molecule has 0 fully saturated rings. The molecule has 4 aromatic rings. The molecule has 2 aromatic heterocycles. The average Bonchev–Trinajstić information content (AvgIpc) is 2.79. The lowest BCUT2D eigenvalue weighted by Crippen LogP contribution is -2.23. The van der Waals surface area contributed by atoms with E-state index in [1.807, 2.05) is 60.7 Å². The van der Waals surface area contributed by atoms with Gasteiger partial charge in [0, 0.05) is 30.7 Å². The standard InChI is InChI=1S/C23H19N3O2S/c27-29(28,22-10-4-8-20(14-22)19-6-2-1-3-7-19)26-16-18-11-12-23(25-15-18)21-9-5-13-24-17-21/h1-15,17,26H,16H2. The van der Waals surface area contributed by atoms with Crippen molar-refractivity contribution >= 4 is 10.0 Å². The lowest BCUT2D eigenvalue weighted by Gasteiger charge is -2.09. The summed E-state index contributed by atoms with van der Waals surface area (Å²) in [6.07, 6.45) is 5.12. The molecular formula is C23H19N3O2S. The fourth-order valence-electron chi connectivity index (χ4n) is 2.95. The molecule has 0 atom stereocenters. The molecular weight excluding hydrogens is 382 g/mol. The summed E-state index contributed by atoms with van der Waals surface area (Å²) in [7, 11) is -3.64. The molecule has 0 saturated carbocycles. The number of benzene rings is 2. The first-order chi connectivity index (χ1) is 14.1. The van der Waals surface area contributed by atoms with Gasteiger partial charge in [0.1, 0.15) is 0 Å². The summed E-state index contributed by atoms with van der Waals surface area (Å²) >= 11 is 0. The smallest absolute Gasteiger partial charge is 0.240 e. The first-order valence-electron chi connectivity index (χ1n) is 9.12. The number of pyridine rings is 2. The minimum Gasteiger partial charge on any atom is -0.264 e. The molecule has 0 saturated heterocycles. The van der Waals surface area contributed by atoms with Gasteiger partial charge in [-0.05, 0) is 47.0 Å². The van der Waals surface area contributed by atoms with Gasteiger partial charge in [-0.1, -0.05) is 48.5 Å². The van der Waals surface area contributed by atoms with Gasteiger partial charge in [-0.15, -0.1) is 0 Å². The topological polar surface area (TPSA) is 72.0 Å². The zero-order valence-electron chi connectivity index (χ0n) is 15.6. The van der Waals surface area contributed by atoms with E-state index in [0.717, 1.165) is 27.9 Å². The fourth-order valence-corrected chi connectivity index (χ4v) is 4.01. The molecule has 0 unspecified atom stereocenters. The van der Waals surface area contributed by atoms with E-state index in [-0.39, 0.29) is 11.4 Å². The van der Waals surface area contributed by atoms with E-state index in [2.05, 4.69) is 14.7 Å². The highest BCUT2D eigenvalue weighted by Crippen LogP contribution is 2.22. The quantitative estimate of drug-likeness (QED) is 0.523. The average molecular weight is 401 g/mol. The van der Waals surface area contributed by atoms with Crippen molar-refractivity contribution in [2.24, 2.45) is 0 Å². The lowest BCUT2D eigenvalue weighted by atomic mass is 10.1. The van der Waals surface area contributed by atoms with Crippen LogP contribution in [0.15, 0.2) is 102 Å². The number of rotatable bonds is 6. The zero-order valence-corrected chi connectivity index (χ0v) is 16.4. The first-order valence-corrected chi connectivity index (χ1v) is 10.6. The summed E-state index contributed by atoms with van der Waals surface area (Å²) in [5.74, 6) is 0. The Morgan fingerprint density at radius 3 is 2.28 bits per heavy atom. The SMILES string of the molecule is O=S(=O)(NCc1ccc(-c2cccnc2)nc1)c1cccc(-c2ccccc2)c1. The van der Waals surface area contributed by atoms with Crippen LogP contribution >= 0.6 is 0 Å². The maximum absolute atomic E-state index is 12.7. The third kappa shape index (κ3) is 4.56. The van der Waals surface area contributed by atoms with Crippen molar-refractivity contribution in [3.63, 3.8) is 0 Å². The number of aromatic nitrogens is 2. The fraction of sp³-hybridized carbons (Fsp3) is 0.0435. The number of nitrogens with zero attached hydrogens (tertiary/aromatic N) is 2. The Labute approximate surface area is 170 Å². The summed E-state index contributed by atoms with van der Waals surface area (Å²) in [5, 5.41) is 0. The number of nitrogens with one attached hydrogen (secondary N) is 1. The van der Waals surface area contributed by atoms with Crippen LogP contribution in [0, 0.1) is 0 Å². The monoisotopic (exact) mass is 401 g/mol. The third-order valence-corrected chi connectivity index (χ3v) is 5.90. The number of sulfonamides is 1. The van der Waals surface area contributed by atoms with Gasteiger partial charge in [0.15, 0.2) is 0 Å². The van der Waals surface area contributed by atoms with Crippen LogP contribution in [0.1, 0.15) is 5.56 Å². The number of hydrogen-bond donors (Lipinski definition) is 1. The second kappa shape index (κ2) is 8.34. The summed E-state index contributed by atoms with van der Waals surface area (Å²) < 4.78 is 28.1. The number of hydrogen-bond acceptors (Lipinski definition) is 4. The van der Waals surface area contributed by atoms with Crippen molar-refractivity contribution in [1.82, 2.24) is 14.7 Å². The van der Waals surface area contributed by atoms with Crippen molar-refractivity contribution in [3.8, 4) is 22.4 Å². The van der Waals surface area contributed by atoms with E-state index in [9.17, 15) is 8.42 Å². The van der Waals surface area contributed by atoms with Crippen molar-refractivity contribution in [1.29, 1.82) is 0 Å². The normalized spacial score (nSPS) is 11.3. The van der Waals surface area contributed by atoms with E-state index >= 15 is 0 Å². The first kappa shape index (κ1) is 19.0. The zero-order chi connectivity index (χ0) is 20.1. The van der Waals surface area contributed by atoms with Crippen molar-refractivity contribution in [2.45, 2.75) is 11.4 Å². The van der Waals surface area contributed by atoms with Crippen LogP contribution in [0.4, 0.5) is 0 Å². The predicted molar refractivity (Wildman–Crippen MR) is 113 cm³/mol. The molecule has 5 nitrogen and oxygen atoms in total. The van der Waals surface area contributed by atoms with E-state index in [1.165, 1.54) is 0 Å². The molecule has 0 aliphatic heterocycles. The van der Waals surface area contributed by atoms with E-state index < -0.39 is 10.0 Å².